The molecule has 6 nitrogen and oxygen atoms in total. The lowest BCUT2D eigenvalue weighted by atomic mass is 10.5. The van der Waals surface area contributed by atoms with Crippen molar-refractivity contribution >= 4 is 23.4 Å². The largest absolute Gasteiger partial charge is 0.465 e. The molecule has 1 aromatic rings. The Kier molecular flexibility index (Phi) is 6.27. The van der Waals surface area contributed by atoms with E-state index >= 15 is 0 Å². The second-order valence-electron chi connectivity index (χ2n) is 3.15. The number of esters is 1. The van der Waals surface area contributed by atoms with E-state index in [1.807, 2.05) is 0 Å². The molecule has 0 amide bonds. The molecule has 0 aliphatic carbocycles. The summed E-state index contributed by atoms with van der Waals surface area (Å²) < 4.78 is 4.76. The molecular weight excluding hydrogens is 244 g/mol. The van der Waals surface area contributed by atoms with Gasteiger partial charge in [0.2, 0.25) is 0 Å². The third kappa shape index (κ3) is 6.03. The van der Waals surface area contributed by atoms with Crippen molar-refractivity contribution in [3.63, 3.8) is 0 Å². The van der Waals surface area contributed by atoms with E-state index in [9.17, 15) is 4.79 Å². The van der Waals surface area contributed by atoms with Gasteiger partial charge in [-0.25, -0.2) is 0 Å². The lowest BCUT2D eigenvalue weighted by molar-refractivity contribution is -0.141. The zero-order valence-corrected chi connectivity index (χ0v) is 10.3. The number of aromatic nitrogens is 2. The second kappa shape index (κ2) is 7.81. The Morgan fingerprint density at radius 3 is 2.88 bits per heavy atom. The van der Waals surface area contributed by atoms with Crippen LogP contribution in [0.15, 0.2) is 12.1 Å². The Labute approximate surface area is 105 Å². The maximum atomic E-state index is 11.0. The number of halogens is 1. The van der Waals surface area contributed by atoms with Gasteiger partial charge in [-0.05, 0) is 19.1 Å². The van der Waals surface area contributed by atoms with Crippen LogP contribution in [0.3, 0.4) is 0 Å². The predicted molar refractivity (Wildman–Crippen MR) is 65.0 cm³/mol. The molecule has 0 atom stereocenters. The van der Waals surface area contributed by atoms with E-state index in [0.29, 0.717) is 30.7 Å². The summed E-state index contributed by atoms with van der Waals surface area (Å²) in [5.74, 6) is 0.395. The van der Waals surface area contributed by atoms with Gasteiger partial charge in [0, 0.05) is 13.1 Å². The van der Waals surface area contributed by atoms with Crippen LogP contribution in [0, 0.1) is 0 Å². The molecule has 1 rings (SSSR count). The minimum atomic E-state index is -0.251. The molecule has 0 fully saturated rings. The average molecular weight is 259 g/mol. The summed E-state index contributed by atoms with van der Waals surface area (Å²) in [5, 5.41) is 13.8. The van der Waals surface area contributed by atoms with Gasteiger partial charge in [0.25, 0.3) is 0 Å². The minimum Gasteiger partial charge on any atom is -0.465 e. The van der Waals surface area contributed by atoms with Gasteiger partial charge in [-0.3, -0.25) is 4.79 Å². The van der Waals surface area contributed by atoms with E-state index in [1.54, 1.807) is 19.1 Å². The molecule has 0 bridgehead atoms. The lowest BCUT2D eigenvalue weighted by Gasteiger charge is -2.06. The molecule has 0 saturated heterocycles. The smallest absolute Gasteiger partial charge is 0.319 e. The van der Waals surface area contributed by atoms with Crippen LogP contribution in [-0.2, 0) is 9.53 Å². The van der Waals surface area contributed by atoms with Crippen LogP contribution in [0.2, 0.25) is 5.15 Å². The quantitative estimate of drug-likeness (QED) is 0.554. The fourth-order valence-corrected chi connectivity index (χ4v) is 1.19. The Hall–Kier alpha value is -1.40. The van der Waals surface area contributed by atoms with E-state index in [-0.39, 0.29) is 12.5 Å². The van der Waals surface area contributed by atoms with Crippen molar-refractivity contribution in [3.05, 3.63) is 17.3 Å². The van der Waals surface area contributed by atoms with Crippen molar-refractivity contribution in [2.75, 3.05) is 31.6 Å². The molecule has 0 spiro atoms. The third-order valence-corrected chi connectivity index (χ3v) is 2.02. The minimum absolute atomic E-state index is 0.210. The van der Waals surface area contributed by atoms with Crippen LogP contribution in [0.4, 0.5) is 5.82 Å². The molecule has 94 valence electrons. The first-order valence-electron chi connectivity index (χ1n) is 5.32. The zero-order chi connectivity index (χ0) is 12.5. The summed E-state index contributed by atoms with van der Waals surface area (Å²) in [6.07, 6.45) is 0. The number of ether oxygens (including phenoxy) is 1. The van der Waals surface area contributed by atoms with Gasteiger partial charge in [0.15, 0.2) is 5.15 Å². The van der Waals surface area contributed by atoms with Crippen LogP contribution in [-0.4, -0.2) is 42.4 Å². The number of nitrogens with one attached hydrogen (secondary N) is 2. The molecule has 0 saturated carbocycles. The summed E-state index contributed by atoms with van der Waals surface area (Å²) in [5.41, 5.74) is 0. The number of hydrogen-bond donors (Lipinski definition) is 2. The lowest BCUT2D eigenvalue weighted by Crippen LogP contribution is -2.29. The van der Waals surface area contributed by atoms with Crippen molar-refractivity contribution in [3.8, 4) is 0 Å². The Balaban J connectivity index is 2.08. The predicted octanol–water partition coefficient (Wildman–Crippen LogP) is 0.695. The van der Waals surface area contributed by atoms with Crippen molar-refractivity contribution < 1.29 is 9.53 Å². The average Bonchev–Trinajstić information content (AvgIpc) is 2.31. The molecule has 1 heterocycles. The molecule has 2 N–H and O–H groups in total. The van der Waals surface area contributed by atoms with Gasteiger partial charge in [0.1, 0.15) is 5.82 Å². The highest BCUT2D eigenvalue weighted by Crippen LogP contribution is 2.04. The molecular formula is C10H15ClN4O2. The molecule has 0 aromatic carbocycles. The van der Waals surface area contributed by atoms with Crippen LogP contribution < -0.4 is 10.6 Å². The first-order valence-corrected chi connectivity index (χ1v) is 5.69. The number of carbonyl (C=O) groups is 1. The van der Waals surface area contributed by atoms with Crippen LogP contribution in [0.5, 0.6) is 0 Å². The van der Waals surface area contributed by atoms with Gasteiger partial charge in [-0.1, -0.05) is 11.6 Å². The molecule has 7 heteroatoms. The zero-order valence-electron chi connectivity index (χ0n) is 9.57. The Morgan fingerprint density at radius 2 is 2.24 bits per heavy atom. The van der Waals surface area contributed by atoms with Crippen molar-refractivity contribution in [1.82, 2.24) is 15.5 Å². The normalized spacial score (nSPS) is 10.0. The van der Waals surface area contributed by atoms with Gasteiger partial charge >= 0.3 is 5.97 Å². The summed E-state index contributed by atoms with van der Waals surface area (Å²) in [7, 11) is 0. The van der Waals surface area contributed by atoms with Crippen LogP contribution in [0.25, 0.3) is 0 Å². The highest BCUT2D eigenvalue weighted by molar-refractivity contribution is 6.29. The van der Waals surface area contributed by atoms with Gasteiger partial charge in [-0.15, -0.1) is 10.2 Å². The van der Waals surface area contributed by atoms with Gasteiger partial charge in [-0.2, -0.15) is 0 Å². The molecule has 17 heavy (non-hydrogen) atoms. The van der Waals surface area contributed by atoms with E-state index in [2.05, 4.69) is 20.8 Å². The molecule has 0 radical (unpaired) electrons. The number of hydrogen-bond acceptors (Lipinski definition) is 6. The van der Waals surface area contributed by atoms with Crippen molar-refractivity contribution in [2.45, 2.75) is 6.92 Å². The summed E-state index contributed by atoms with van der Waals surface area (Å²) in [6, 6.07) is 3.39. The fraction of sp³-hybridized carbons (Fsp3) is 0.500. The highest BCUT2D eigenvalue weighted by Gasteiger charge is 1.99. The Bertz CT molecular complexity index is 345. The summed E-state index contributed by atoms with van der Waals surface area (Å²) >= 11 is 5.59. The maximum absolute atomic E-state index is 11.0. The number of rotatable bonds is 7. The summed E-state index contributed by atoms with van der Waals surface area (Å²) in [4.78, 5) is 11.0. The highest BCUT2D eigenvalue weighted by atomic mass is 35.5. The Morgan fingerprint density at radius 1 is 1.41 bits per heavy atom. The topological polar surface area (TPSA) is 76.1 Å². The fourth-order valence-electron chi connectivity index (χ4n) is 1.09. The molecule has 0 aliphatic rings. The van der Waals surface area contributed by atoms with Crippen molar-refractivity contribution in [2.24, 2.45) is 0 Å². The number of nitrogens with zero attached hydrogens (tertiary/aromatic N) is 2. The molecule has 0 aliphatic heterocycles. The first-order chi connectivity index (χ1) is 8.22. The standard InChI is InChI=1S/C10H15ClN4O2/c1-2-17-10(16)7-12-5-6-13-9-4-3-8(11)14-15-9/h3-4,12H,2,5-7H2,1H3,(H,13,15). The summed E-state index contributed by atoms with van der Waals surface area (Å²) in [6.45, 7) is 3.65. The monoisotopic (exact) mass is 258 g/mol. The van der Waals surface area contributed by atoms with Crippen LogP contribution >= 0.6 is 11.6 Å². The molecule has 0 unspecified atom stereocenters. The van der Waals surface area contributed by atoms with Crippen LogP contribution in [0.1, 0.15) is 6.92 Å². The third-order valence-electron chi connectivity index (χ3n) is 1.81. The number of carbonyl (C=O) groups excluding carboxylic acids is 1. The maximum Gasteiger partial charge on any atom is 0.319 e. The SMILES string of the molecule is CCOC(=O)CNCCNc1ccc(Cl)nn1. The van der Waals surface area contributed by atoms with E-state index in [1.165, 1.54) is 0 Å². The number of anilines is 1. The molecule has 1 aromatic heterocycles. The second-order valence-corrected chi connectivity index (χ2v) is 3.54. The first kappa shape index (κ1) is 13.7. The van der Waals surface area contributed by atoms with Gasteiger partial charge < -0.3 is 15.4 Å². The van der Waals surface area contributed by atoms with E-state index in [4.69, 9.17) is 16.3 Å². The van der Waals surface area contributed by atoms with E-state index in [0.717, 1.165) is 0 Å². The van der Waals surface area contributed by atoms with Crippen molar-refractivity contribution in [1.29, 1.82) is 0 Å². The van der Waals surface area contributed by atoms with Gasteiger partial charge in [0.05, 0.1) is 13.2 Å². The van der Waals surface area contributed by atoms with E-state index < -0.39 is 0 Å².